The number of benzene rings is 2. The van der Waals surface area contributed by atoms with Gasteiger partial charge in [0, 0.05) is 48.9 Å². The lowest BCUT2D eigenvalue weighted by molar-refractivity contribution is -0.125. The molecule has 11 heteroatoms. The van der Waals surface area contributed by atoms with Gasteiger partial charge in [-0.25, -0.2) is 17.8 Å². The molecule has 244 valence electrons. The molecule has 2 aromatic heterocycles. The maximum absolute atomic E-state index is 14.7. The average molecular weight is 655 g/mol. The molecule has 9 nitrogen and oxygen atoms in total. The predicted octanol–water partition coefficient (Wildman–Crippen LogP) is 6.09. The van der Waals surface area contributed by atoms with Crippen LogP contribution in [0.25, 0.3) is 22.0 Å². The van der Waals surface area contributed by atoms with Crippen molar-refractivity contribution >= 4 is 44.0 Å². The van der Waals surface area contributed by atoms with E-state index in [1.807, 2.05) is 25.2 Å². The fourth-order valence-corrected chi connectivity index (χ4v) is 9.31. The number of rotatable bonds is 6. The number of likely N-dealkylation sites (tertiary alicyclic amines) is 1. The monoisotopic (exact) mass is 654 g/mol. The van der Waals surface area contributed by atoms with Gasteiger partial charge in [0.2, 0.25) is 5.91 Å². The molecule has 0 atom stereocenters. The Labute approximate surface area is 274 Å². The largest absolute Gasteiger partial charge is 0.355 e. The number of likely N-dealkylation sites (N-methyl/N-ethyl adjacent to an activating group) is 1. The number of hydrogen-bond acceptors (Lipinski definition) is 7. The van der Waals surface area contributed by atoms with Gasteiger partial charge in [-0.3, -0.25) is 14.5 Å². The van der Waals surface area contributed by atoms with E-state index in [0.717, 1.165) is 92.1 Å². The Bertz CT molecular complexity index is 1980. The van der Waals surface area contributed by atoms with Crippen molar-refractivity contribution < 1.29 is 17.6 Å². The van der Waals surface area contributed by atoms with Crippen LogP contribution in [0.15, 0.2) is 65.8 Å². The van der Waals surface area contributed by atoms with E-state index in [2.05, 4.69) is 19.5 Å². The van der Waals surface area contributed by atoms with Crippen LogP contribution in [0.4, 0.5) is 21.6 Å². The van der Waals surface area contributed by atoms with E-state index < -0.39 is 26.2 Å². The SMILES string of the molecule is CN1C(=O)C2(CCC2)c2c1cnc1ccc(-c3cnc(N4CCC(N5CCCCC5)CC4)c(NS(=O)(=O)c4ccccc4F)c3)cc21. The normalized spacial score (nSPS) is 20.1. The highest BCUT2D eigenvalue weighted by molar-refractivity contribution is 7.92. The molecule has 2 aromatic carbocycles. The molecule has 1 spiro atoms. The van der Waals surface area contributed by atoms with Gasteiger partial charge in [0.25, 0.3) is 10.0 Å². The molecule has 8 rings (SSSR count). The number of fused-ring (bicyclic) bond motifs is 4. The van der Waals surface area contributed by atoms with Gasteiger partial charge >= 0.3 is 0 Å². The molecule has 1 amide bonds. The second-order valence-electron chi connectivity index (χ2n) is 13.5. The summed E-state index contributed by atoms with van der Waals surface area (Å²) in [6, 6.07) is 13.7. The van der Waals surface area contributed by atoms with Gasteiger partial charge in [0.15, 0.2) is 5.82 Å². The third kappa shape index (κ3) is 5.06. The van der Waals surface area contributed by atoms with Crippen LogP contribution in [-0.2, 0) is 20.2 Å². The average Bonchev–Trinajstić information content (AvgIpc) is 3.31. The van der Waals surface area contributed by atoms with Crippen molar-refractivity contribution in [2.75, 3.05) is 47.7 Å². The van der Waals surface area contributed by atoms with Gasteiger partial charge < -0.3 is 14.7 Å². The van der Waals surface area contributed by atoms with Crippen LogP contribution in [0.2, 0.25) is 0 Å². The van der Waals surface area contributed by atoms with Crippen molar-refractivity contribution in [3.8, 4) is 11.1 Å². The molecule has 3 fully saturated rings. The maximum Gasteiger partial charge on any atom is 0.264 e. The molecule has 0 unspecified atom stereocenters. The van der Waals surface area contributed by atoms with Gasteiger partial charge in [0.05, 0.1) is 28.5 Å². The van der Waals surface area contributed by atoms with Gasteiger partial charge in [-0.15, -0.1) is 0 Å². The van der Waals surface area contributed by atoms with E-state index in [1.165, 1.54) is 37.5 Å². The number of nitrogens with one attached hydrogen (secondary N) is 1. The predicted molar refractivity (Wildman–Crippen MR) is 182 cm³/mol. The van der Waals surface area contributed by atoms with Crippen molar-refractivity contribution in [2.45, 2.75) is 67.7 Å². The van der Waals surface area contributed by atoms with Gasteiger partial charge in [0.1, 0.15) is 10.7 Å². The van der Waals surface area contributed by atoms with Crippen molar-refractivity contribution in [1.82, 2.24) is 14.9 Å². The molecule has 1 saturated carbocycles. The first-order valence-corrected chi connectivity index (χ1v) is 18.2. The van der Waals surface area contributed by atoms with Crippen LogP contribution in [-0.4, -0.2) is 68.5 Å². The third-order valence-electron chi connectivity index (χ3n) is 10.9. The molecular weight excluding hydrogens is 616 g/mol. The second-order valence-corrected chi connectivity index (χ2v) is 15.1. The molecule has 2 saturated heterocycles. The summed E-state index contributed by atoms with van der Waals surface area (Å²) in [7, 11) is -2.43. The van der Waals surface area contributed by atoms with Gasteiger partial charge in [-0.05, 0) is 87.5 Å². The first kappa shape index (κ1) is 30.3. The Morgan fingerprint density at radius 2 is 1.66 bits per heavy atom. The highest BCUT2D eigenvalue weighted by Gasteiger charge is 2.54. The summed E-state index contributed by atoms with van der Waals surface area (Å²) in [5, 5.41) is 0.926. The van der Waals surface area contributed by atoms with Crippen LogP contribution < -0.4 is 14.5 Å². The van der Waals surface area contributed by atoms with Gasteiger partial charge in [-0.2, -0.15) is 0 Å². The summed E-state index contributed by atoms with van der Waals surface area (Å²) in [4.78, 5) is 29.0. The molecule has 0 radical (unpaired) electrons. The standard InChI is InChI=1S/C36H39FN6O3S/c1-41-31-23-38-29-11-10-24(20-27(29)33(31)36(35(41)44)14-7-15-36)25-21-30(40-47(45,46)32-9-4-3-8-28(32)37)34(39-22-25)43-18-12-26(13-19-43)42-16-5-2-6-17-42/h3-4,8-11,20-23,26,40H,2,5-7,12-19H2,1H3. The quantitative estimate of drug-likeness (QED) is 0.269. The summed E-state index contributed by atoms with van der Waals surface area (Å²) in [5.41, 5.74) is 4.03. The summed E-state index contributed by atoms with van der Waals surface area (Å²) in [6.45, 7) is 3.78. The topological polar surface area (TPSA) is 98.7 Å². The Morgan fingerprint density at radius 3 is 2.38 bits per heavy atom. The zero-order chi connectivity index (χ0) is 32.3. The highest BCUT2D eigenvalue weighted by atomic mass is 32.2. The lowest BCUT2D eigenvalue weighted by atomic mass is 9.64. The zero-order valence-corrected chi connectivity index (χ0v) is 27.4. The smallest absolute Gasteiger partial charge is 0.264 e. The number of pyridine rings is 2. The highest BCUT2D eigenvalue weighted by Crippen LogP contribution is 2.55. The lowest BCUT2D eigenvalue weighted by Gasteiger charge is -2.41. The number of nitrogens with zero attached hydrogens (tertiary/aromatic N) is 5. The molecule has 1 aliphatic carbocycles. The molecule has 5 heterocycles. The van der Waals surface area contributed by atoms with Gasteiger partial charge in [-0.1, -0.05) is 31.0 Å². The molecule has 4 aromatic rings. The Morgan fingerprint density at radius 1 is 0.894 bits per heavy atom. The number of anilines is 3. The van der Waals surface area contributed by atoms with E-state index in [9.17, 15) is 17.6 Å². The zero-order valence-electron chi connectivity index (χ0n) is 26.6. The van der Waals surface area contributed by atoms with E-state index >= 15 is 0 Å². The Hall–Kier alpha value is -4.09. The number of carbonyl (C=O) groups is 1. The number of amides is 1. The summed E-state index contributed by atoms with van der Waals surface area (Å²) in [5.74, 6) is -0.151. The molecule has 3 aliphatic heterocycles. The first-order chi connectivity index (χ1) is 22.7. The first-order valence-electron chi connectivity index (χ1n) is 16.7. The van der Waals surface area contributed by atoms with Crippen molar-refractivity contribution in [1.29, 1.82) is 0 Å². The molecule has 4 aliphatic rings. The number of piperidine rings is 2. The van der Waals surface area contributed by atoms with Crippen LogP contribution in [0.3, 0.4) is 0 Å². The minimum atomic E-state index is -4.25. The molecule has 47 heavy (non-hydrogen) atoms. The summed E-state index contributed by atoms with van der Waals surface area (Å²) >= 11 is 0. The Balaban J connectivity index is 1.18. The van der Waals surface area contributed by atoms with Crippen LogP contribution in [0, 0.1) is 5.82 Å². The summed E-state index contributed by atoms with van der Waals surface area (Å²) < 4.78 is 44.6. The van der Waals surface area contributed by atoms with Crippen molar-refractivity contribution in [2.24, 2.45) is 0 Å². The maximum atomic E-state index is 14.7. The number of halogens is 1. The Kier molecular flexibility index (Phi) is 7.44. The number of carbonyl (C=O) groups excluding carboxylic acids is 1. The van der Waals surface area contributed by atoms with Crippen LogP contribution in [0.1, 0.15) is 56.9 Å². The third-order valence-corrected chi connectivity index (χ3v) is 12.2. The fourth-order valence-electron chi connectivity index (χ4n) is 8.18. The van der Waals surface area contributed by atoms with E-state index in [4.69, 9.17) is 4.98 Å². The van der Waals surface area contributed by atoms with Crippen LogP contribution >= 0.6 is 0 Å². The second kappa shape index (κ2) is 11.6. The van der Waals surface area contributed by atoms with Crippen LogP contribution in [0.5, 0.6) is 0 Å². The molecule has 0 bridgehead atoms. The molecular formula is C36H39FN6O3S. The fraction of sp³-hybridized carbons (Fsp3) is 0.417. The van der Waals surface area contributed by atoms with E-state index in [0.29, 0.717) is 23.1 Å². The minimum Gasteiger partial charge on any atom is -0.355 e. The number of hydrogen-bond donors (Lipinski definition) is 1. The van der Waals surface area contributed by atoms with E-state index in [1.54, 1.807) is 23.4 Å². The van der Waals surface area contributed by atoms with Crippen molar-refractivity contribution in [3.05, 3.63) is 72.3 Å². The number of aromatic nitrogens is 2. The number of sulfonamides is 1. The summed E-state index contributed by atoms with van der Waals surface area (Å²) in [6.07, 6.45) is 11.9. The minimum absolute atomic E-state index is 0.123. The molecule has 1 N–H and O–H groups in total. The van der Waals surface area contributed by atoms with Crippen molar-refractivity contribution in [3.63, 3.8) is 0 Å². The lowest BCUT2D eigenvalue weighted by Crippen LogP contribution is -2.47. The van der Waals surface area contributed by atoms with E-state index in [-0.39, 0.29) is 5.91 Å².